The Morgan fingerprint density at radius 1 is 0.911 bits per heavy atom. The number of fused-ring (bicyclic) bond motifs is 1. The molecule has 0 aliphatic carbocycles. The Hall–Kier alpha value is -3.47. The number of halogens is 4. The Balaban J connectivity index is 1.53. The first-order chi connectivity index (χ1) is 21.6. The first-order valence-electron chi connectivity index (χ1n) is 13.7. The van der Waals surface area contributed by atoms with E-state index in [2.05, 4.69) is 4.99 Å². The van der Waals surface area contributed by atoms with E-state index in [1.54, 1.807) is 54.6 Å². The zero-order valence-electron chi connectivity index (χ0n) is 24.2. The van der Waals surface area contributed by atoms with Crippen molar-refractivity contribution in [2.75, 3.05) is 20.3 Å². The van der Waals surface area contributed by atoms with Crippen molar-refractivity contribution in [3.05, 3.63) is 117 Å². The van der Waals surface area contributed by atoms with Gasteiger partial charge in [0.15, 0.2) is 22.0 Å². The molecule has 4 aromatic rings. The highest BCUT2D eigenvalue weighted by Crippen LogP contribution is 2.37. The van der Waals surface area contributed by atoms with Gasteiger partial charge in [-0.15, -0.1) is 0 Å². The van der Waals surface area contributed by atoms with Crippen molar-refractivity contribution in [2.24, 2.45) is 4.99 Å². The average molecular weight is 708 g/mol. The van der Waals surface area contributed by atoms with Gasteiger partial charge in [-0.2, -0.15) is 0 Å². The maximum Gasteiger partial charge on any atom is 0.337 e. The topological polar surface area (TPSA) is 88.4 Å². The maximum atomic E-state index is 13.9. The third-order valence-electron chi connectivity index (χ3n) is 6.69. The van der Waals surface area contributed by atoms with Crippen molar-refractivity contribution in [2.45, 2.75) is 26.5 Å². The number of rotatable bonds is 10. The van der Waals surface area contributed by atoms with Crippen LogP contribution in [0, 0.1) is 0 Å². The third-order valence-corrected chi connectivity index (χ3v) is 8.99. The quantitative estimate of drug-likeness (QED) is 0.165. The van der Waals surface area contributed by atoms with E-state index in [4.69, 9.17) is 65.4 Å². The summed E-state index contributed by atoms with van der Waals surface area (Å²) in [4.78, 5) is 31.6. The lowest BCUT2D eigenvalue weighted by Gasteiger charge is -2.23. The van der Waals surface area contributed by atoms with Gasteiger partial charge in [0.2, 0.25) is 0 Å². The highest BCUT2D eigenvalue weighted by molar-refractivity contribution is 7.07. The molecule has 1 aliphatic rings. The highest BCUT2D eigenvalue weighted by atomic mass is 35.5. The van der Waals surface area contributed by atoms with Crippen LogP contribution in [0.1, 0.15) is 36.6 Å². The van der Waals surface area contributed by atoms with Crippen LogP contribution >= 0.6 is 57.7 Å². The van der Waals surface area contributed by atoms with Gasteiger partial charge in [0, 0.05) is 6.20 Å². The standard InChI is InChI=1S/C32H26Cl4N2O6S/c1-4-42-25-9-7-19(14-26(25)43-5-2)28-20(31(40)41-3)15-37-32-38(28)30(39)27(45-32)13-18-11-23(35)29(24(36)12-18)44-16-17-6-8-21(33)22(34)10-17/h6-15,28H,4-5,16H2,1-3H3/b27-13-/t28-/m0/s1. The van der Waals surface area contributed by atoms with E-state index in [1.165, 1.54) is 17.9 Å². The number of esters is 1. The minimum atomic E-state index is -0.824. The van der Waals surface area contributed by atoms with E-state index in [-0.39, 0.29) is 33.5 Å². The summed E-state index contributed by atoms with van der Waals surface area (Å²) < 4.78 is 24.2. The molecule has 8 nitrogen and oxygen atoms in total. The van der Waals surface area contributed by atoms with Crippen LogP contribution in [0.2, 0.25) is 20.1 Å². The van der Waals surface area contributed by atoms with E-state index in [9.17, 15) is 9.59 Å². The van der Waals surface area contributed by atoms with Crippen molar-refractivity contribution in [1.82, 2.24) is 4.57 Å². The number of thiazole rings is 1. The van der Waals surface area contributed by atoms with Crippen LogP contribution in [-0.2, 0) is 16.1 Å². The van der Waals surface area contributed by atoms with Crippen LogP contribution in [0.4, 0.5) is 0 Å². The minimum absolute atomic E-state index is 0.160. The van der Waals surface area contributed by atoms with E-state index in [1.807, 2.05) is 13.8 Å². The van der Waals surface area contributed by atoms with E-state index in [0.29, 0.717) is 55.2 Å². The lowest BCUT2D eigenvalue weighted by molar-refractivity contribution is -0.136. The summed E-state index contributed by atoms with van der Waals surface area (Å²) in [6, 6.07) is 12.9. The van der Waals surface area contributed by atoms with E-state index in [0.717, 1.165) is 16.9 Å². The van der Waals surface area contributed by atoms with Gasteiger partial charge in [-0.1, -0.05) is 69.9 Å². The molecule has 1 atom stereocenters. The zero-order chi connectivity index (χ0) is 32.2. The molecule has 45 heavy (non-hydrogen) atoms. The van der Waals surface area contributed by atoms with Crippen LogP contribution in [0.3, 0.4) is 0 Å². The molecular weight excluding hydrogens is 682 g/mol. The lowest BCUT2D eigenvalue weighted by atomic mass is 9.97. The molecule has 13 heteroatoms. The molecule has 0 saturated heterocycles. The summed E-state index contributed by atoms with van der Waals surface area (Å²) in [5.41, 5.74) is 1.80. The average Bonchev–Trinajstić information content (AvgIpc) is 3.33. The minimum Gasteiger partial charge on any atom is -0.490 e. The fraction of sp³-hybridized carbons (Fsp3) is 0.219. The molecule has 0 fully saturated rings. The first kappa shape index (κ1) is 32.9. The predicted octanol–water partition coefficient (Wildman–Crippen LogP) is 7.01. The van der Waals surface area contributed by atoms with Gasteiger partial charge in [-0.05, 0) is 73.0 Å². The zero-order valence-corrected chi connectivity index (χ0v) is 28.1. The van der Waals surface area contributed by atoms with Crippen LogP contribution in [0.15, 0.2) is 70.1 Å². The molecule has 0 unspecified atom stereocenters. The number of hydrogen-bond acceptors (Lipinski definition) is 8. The fourth-order valence-corrected chi connectivity index (χ4v) is 6.63. The van der Waals surface area contributed by atoms with E-state index >= 15 is 0 Å². The summed E-state index contributed by atoms with van der Waals surface area (Å²) in [5.74, 6) is 0.717. The molecule has 0 N–H and O–H groups in total. The fourth-order valence-electron chi connectivity index (χ4n) is 4.72. The summed E-state index contributed by atoms with van der Waals surface area (Å²) in [7, 11) is 1.28. The Labute approximate surface area is 282 Å². The predicted molar refractivity (Wildman–Crippen MR) is 177 cm³/mol. The third kappa shape index (κ3) is 7.03. The second-order valence-corrected chi connectivity index (χ2v) is 12.2. The van der Waals surface area contributed by atoms with Crippen LogP contribution in [-0.4, -0.2) is 30.9 Å². The Morgan fingerprint density at radius 3 is 2.29 bits per heavy atom. The second-order valence-electron chi connectivity index (χ2n) is 9.60. The number of carbonyl (C=O) groups is 1. The molecule has 0 amide bonds. The monoisotopic (exact) mass is 706 g/mol. The van der Waals surface area contributed by atoms with Gasteiger partial charge >= 0.3 is 5.97 Å². The van der Waals surface area contributed by atoms with Crippen molar-refractivity contribution < 1.29 is 23.7 Å². The number of carbonyl (C=O) groups excluding carboxylic acids is 1. The second kappa shape index (κ2) is 14.3. The molecule has 0 saturated carbocycles. The smallest absolute Gasteiger partial charge is 0.337 e. The van der Waals surface area contributed by atoms with E-state index < -0.39 is 12.0 Å². The first-order valence-corrected chi connectivity index (χ1v) is 16.0. The molecule has 0 radical (unpaired) electrons. The van der Waals surface area contributed by atoms with Gasteiger partial charge in [-0.3, -0.25) is 9.36 Å². The van der Waals surface area contributed by atoms with Gasteiger partial charge < -0.3 is 18.9 Å². The van der Waals surface area contributed by atoms with Crippen molar-refractivity contribution >= 4 is 69.8 Å². The lowest BCUT2D eigenvalue weighted by Crippen LogP contribution is -2.39. The summed E-state index contributed by atoms with van der Waals surface area (Å²) in [6.45, 7) is 4.74. The molecule has 1 aliphatic heterocycles. The number of hydrogen-bond donors (Lipinski definition) is 0. The largest absolute Gasteiger partial charge is 0.490 e. The molecule has 0 bridgehead atoms. The Kier molecular flexibility index (Phi) is 10.5. The van der Waals surface area contributed by atoms with Gasteiger partial charge in [0.1, 0.15) is 6.61 Å². The number of nitrogens with zero attached hydrogens (tertiary/aromatic N) is 2. The summed E-state index contributed by atoms with van der Waals surface area (Å²) in [6.07, 6.45) is 3.09. The van der Waals surface area contributed by atoms with Crippen molar-refractivity contribution in [3.8, 4) is 17.2 Å². The van der Waals surface area contributed by atoms with Gasteiger partial charge in [0.05, 0.1) is 56.6 Å². The Morgan fingerprint density at radius 2 is 1.62 bits per heavy atom. The van der Waals surface area contributed by atoms with Crippen LogP contribution < -0.4 is 29.1 Å². The molecule has 1 aromatic heterocycles. The normalized spacial score (nSPS) is 14.3. The summed E-state index contributed by atoms with van der Waals surface area (Å²) >= 11 is 26.4. The van der Waals surface area contributed by atoms with Gasteiger partial charge in [0.25, 0.3) is 5.56 Å². The molecule has 5 rings (SSSR count). The SMILES string of the molecule is CCOc1ccc([C@H]2C(C(=O)OC)=CN=c3s/c(=C\c4cc(Cl)c(OCc5ccc(Cl)c(Cl)c5)c(Cl)c4)c(=O)n32)cc1OCC. The summed E-state index contributed by atoms with van der Waals surface area (Å²) in [5, 5.41) is 1.36. The van der Waals surface area contributed by atoms with Crippen LogP contribution in [0.25, 0.3) is 6.08 Å². The molecule has 2 heterocycles. The van der Waals surface area contributed by atoms with Gasteiger partial charge in [-0.25, -0.2) is 9.79 Å². The van der Waals surface area contributed by atoms with Crippen LogP contribution in [0.5, 0.6) is 17.2 Å². The molecule has 3 aromatic carbocycles. The van der Waals surface area contributed by atoms with Crippen molar-refractivity contribution in [3.63, 3.8) is 0 Å². The number of methoxy groups -OCH3 is 1. The van der Waals surface area contributed by atoms with Crippen molar-refractivity contribution in [1.29, 1.82) is 0 Å². The Bertz CT molecular complexity index is 1970. The number of aromatic nitrogens is 1. The molecular formula is C32H26Cl4N2O6S. The maximum absolute atomic E-state index is 13.9. The number of ether oxygens (including phenoxy) is 4. The molecule has 0 spiro atoms. The highest BCUT2D eigenvalue weighted by Gasteiger charge is 2.31. The number of benzene rings is 3. The molecule has 234 valence electrons.